The third-order valence-electron chi connectivity index (χ3n) is 5.07. The molecule has 0 fully saturated rings. The normalized spacial score (nSPS) is 11.8. The Bertz CT molecular complexity index is 1130. The van der Waals surface area contributed by atoms with Crippen LogP contribution in [0.15, 0.2) is 47.6 Å². The second-order valence-corrected chi connectivity index (χ2v) is 8.75. The maximum absolute atomic E-state index is 12.6. The van der Waals surface area contributed by atoms with E-state index in [1.54, 1.807) is 6.07 Å². The standard InChI is InChI=1S/C24H29N5O2S/c1-6-29-22(18(5)25-23(31)19-9-7-8-15(2)13-19)27-28-24(29)32-14-21(30)26-20-11-10-16(3)12-17(20)4/h7-13,18H,6,14H2,1-5H3,(H,25,31)(H,26,30)/t18-/m1/s1. The van der Waals surface area contributed by atoms with Crippen LogP contribution in [0.4, 0.5) is 5.69 Å². The van der Waals surface area contributed by atoms with Crippen molar-refractivity contribution in [1.82, 2.24) is 20.1 Å². The van der Waals surface area contributed by atoms with Crippen LogP contribution in [0, 0.1) is 20.8 Å². The van der Waals surface area contributed by atoms with Crippen LogP contribution in [-0.2, 0) is 11.3 Å². The van der Waals surface area contributed by atoms with Crippen LogP contribution in [0.5, 0.6) is 0 Å². The molecule has 0 unspecified atom stereocenters. The largest absolute Gasteiger partial charge is 0.342 e. The minimum absolute atomic E-state index is 0.102. The van der Waals surface area contributed by atoms with Crippen molar-refractivity contribution in [3.05, 3.63) is 70.5 Å². The summed E-state index contributed by atoms with van der Waals surface area (Å²) in [6.07, 6.45) is 0. The summed E-state index contributed by atoms with van der Waals surface area (Å²) in [5, 5.41) is 15.1. The number of nitrogens with zero attached hydrogens (tertiary/aromatic N) is 3. The number of rotatable bonds is 8. The SMILES string of the molecule is CCn1c(SCC(=O)Nc2ccc(C)cc2C)nnc1[C@@H](C)NC(=O)c1cccc(C)c1. The monoisotopic (exact) mass is 451 g/mol. The fourth-order valence-electron chi connectivity index (χ4n) is 3.43. The van der Waals surface area contributed by atoms with Crippen LogP contribution in [0.2, 0.25) is 0 Å². The van der Waals surface area contributed by atoms with Crippen molar-refractivity contribution < 1.29 is 9.59 Å². The summed E-state index contributed by atoms with van der Waals surface area (Å²) < 4.78 is 1.93. The first-order valence-corrected chi connectivity index (χ1v) is 11.6. The summed E-state index contributed by atoms with van der Waals surface area (Å²) in [7, 11) is 0. The van der Waals surface area contributed by atoms with Gasteiger partial charge in [-0.25, -0.2) is 0 Å². The van der Waals surface area contributed by atoms with E-state index >= 15 is 0 Å². The lowest BCUT2D eigenvalue weighted by atomic mass is 10.1. The van der Waals surface area contributed by atoms with Gasteiger partial charge >= 0.3 is 0 Å². The summed E-state index contributed by atoms with van der Waals surface area (Å²) in [6, 6.07) is 13.1. The van der Waals surface area contributed by atoms with Crippen molar-refractivity contribution in [3.8, 4) is 0 Å². The van der Waals surface area contributed by atoms with Gasteiger partial charge in [0.25, 0.3) is 5.91 Å². The van der Waals surface area contributed by atoms with Crippen molar-refractivity contribution in [2.75, 3.05) is 11.1 Å². The van der Waals surface area contributed by atoms with Crippen LogP contribution in [0.3, 0.4) is 0 Å². The van der Waals surface area contributed by atoms with Crippen molar-refractivity contribution >= 4 is 29.3 Å². The number of benzene rings is 2. The minimum atomic E-state index is -0.325. The summed E-state index contributed by atoms with van der Waals surface area (Å²) in [5.74, 6) is 0.616. The number of anilines is 1. The third kappa shape index (κ3) is 5.76. The Morgan fingerprint density at radius 3 is 2.50 bits per heavy atom. The highest BCUT2D eigenvalue weighted by molar-refractivity contribution is 7.99. The third-order valence-corrected chi connectivity index (χ3v) is 6.03. The molecule has 3 rings (SSSR count). The van der Waals surface area contributed by atoms with Gasteiger partial charge in [-0.2, -0.15) is 0 Å². The van der Waals surface area contributed by atoms with E-state index in [4.69, 9.17) is 0 Å². The molecular formula is C24H29N5O2S. The first kappa shape index (κ1) is 23.5. The van der Waals surface area contributed by atoms with E-state index in [1.807, 2.05) is 75.6 Å². The molecule has 0 saturated carbocycles. The zero-order valence-corrected chi connectivity index (χ0v) is 19.9. The first-order chi connectivity index (χ1) is 15.3. The van der Waals surface area contributed by atoms with Gasteiger partial charge in [0.05, 0.1) is 11.8 Å². The van der Waals surface area contributed by atoms with E-state index in [1.165, 1.54) is 11.8 Å². The number of carbonyl (C=O) groups is 2. The number of hydrogen-bond donors (Lipinski definition) is 2. The van der Waals surface area contributed by atoms with Crippen molar-refractivity contribution in [2.24, 2.45) is 0 Å². The summed E-state index contributed by atoms with van der Waals surface area (Å²) in [4.78, 5) is 25.0. The van der Waals surface area contributed by atoms with Gasteiger partial charge in [0.15, 0.2) is 11.0 Å². The Kier molecular flexibility index (Phi) is 7.69. The minimum Gasteiger partial charge on any atom is -0.342 e. The van der Waals surface area contributed by atoms with E-state index < -0.39 is 0 Å². The average molecular weight is 452 g/mol. The smallest absolute Gasteiger partial charge is 0.251 e. The molecule has 7 nitrogen and oxygen atoms in total. The van der Waals surface area contributed by atoms with Crippen LogP contribution in [0.25, 0.3) is 0 Å². The summed E-state index contributed by atoms with van der Waals surface area (Å²) >= 11 is 1.33. The number of aromatic nitrogens is 3. The molecule has 8 heteroatoms. The Balaban J connectivity index is 1.63. The van der Waals surface area contributed by atoms with Crippen molar-refractivity contribution in [2.45, 2.75) is 52.4 Å². The molecule has 0 spiro atoms. The number of carbonyl (C=O) groups excluding carboxylic acids is 2. The zero-order valence-electron chi connectivity index (χ0n) is 19.1. The fourth-order valence-corrected chi connectivity index (χ4v) is 4.23. The number of nitrogens with one attached hydrogen (secondary N) is 2. The molecule has 0 saturated heterocycles. The Hall–Kier alpha value is -3.13. The van der Waals surface area contributed by atoms with Crippen molar-refractivity contribution in [1.29, 1.82) is 0 Å². The molecule has 1 aromatic heterocycles. The summed E-state index contributed by atoms with van der Waals surface area (Å²) in [6.45, 7) is 10.4. The lowest BCUT2D eigenvalue weighted by Gasteiger charge is -2.15. The lowest BCUT2D eigenvalue weighted by molar-refractivity contribution is -0.113. The number of thioether (sulfide) groups is 1. The number of aryl methyl sites for hydroxylation is 3. The van der Waals surface area contributed by atoms with Gasteiger partial charge in [-0.3, -0.25) is 9.59 Å². The summed E-state index contributed by atoms with van der Waals surface area (Å²) in [5.41, 5.74) is 4.63. The second kappa shape index (κ2) is 10.5. The molecule has 0 aliphatic rings. The Labute approximate surface area is 193 Å². The molecule has 0 bridgehead atoms. The highest BCUT2D eigenvalue weighted by Gasteiger charge is 2.20. The topological polar surface area (TPSA) is 88.9 Å². The van der Waals surface area contributed by atoms with Gasteiger partial charge in [0.1, 0.15) is 0 Å². The van der Waals surface area contributed by atoms with Crippen LogP contribution in [0.1, 0.15) is 52.8 Å². The van der Waals surface area contributed by atoms with Gasteiger partial charge in [0, 0.05) is 17.8 Å². The van der Waals surface area contributed by atoms with Gasteiger partial charge in [-0.15, -0.1) is 10.2 Å². The van der Waals surface area contributed by atoms with Gasteiger partial charge in [-0.05, 0) is 58.4 Å². The predicted molar refractivity (Wildman–Crippen MR) is 128 cm³/mol. The van der Waals surface area contributed by atoms with Gasteiger partial charge in [0.2, 0.25) is 5.91 Å². The Morgan fingerprint density at radius 2 is 1.81 bits per heavy atom. The molecule has 0 radical (unpaired) electrons. The lowest BCUT2D eigenvalue weighted by Crippen LogP contribution is -2.28. The highest BCUT2D eigenvalue weighted by atomic mass is 32.2. The molecule has 0 aliphatic carbocycles. The number of amides is 2. The van der Waals surface area contributed by atoms with Gasteiger partial charge < -0.3 is 15.2 Å². The molecule has 32 heavy (non-hydrogen) atoms. The van der Waals surface area contributed by atoms with E-state index in [0.29, 0.717) is 23.1 Å². The maximum atomic E-state index is 12.6. The van der Waals surface area contributed by atoms with E-state index in [2.05, 4.69) is 20.8 Å². The molecule has 1 atom stereocenters. The number of hydrogen-bond acceptors (Lipinski definition) is 5. The quantitative estimate of drug-likeness (QED) is 0.494. The molecule has 2 aromatic carbocycles. The van der Waals surface area contributed by atoms with Crippen LogP contribution >= 0.6 is 11.8 Å². The Morgan fingerprint density at radius 1 is 1.06 bits per heavy atom. The van der Waals surface area contributed by atoms with E-state index in [9.17, 15) is 9.59 Å². The first-order valence-electron chi connectivity index (χ1n) is 10.6. The fraction of sp³-hybridized carbons (Fsp3) is 0.333. The molecule has 0 aliphatic heterocycles. The molecular weight excluding hydrogens is 422 g/mol. The molecule has 168 valence electrons. The van der Waals surface area contributed by atoms with Crippen molar-refractivity contribution in [3.63, 3.8) is 0 Å². The van der Waals surface area contributed by atoms with Crippen LogP contribution in [-0.4, -0.2) is 32.3 Å². The molecule has 2 N–H and O–H groups in total. The molecule has 3 aromatic rings. The predicted octanol–water partition coefficient (Wildman–Crippen LogP) is 4.45. The average Bonchev–Trinajstić information content (AvgIpc) is 3.17. The highest BCUT2D eigenvalue weighted by Crippen LogP contribution is 2.22. The van der Waals surface area contributed by atoms with Crippen LogP contribution < -0.4 is 10.6 Å². The maximum Gasteiger partial charge on any atom is 0.251 e. The van der Waals surface area contributed by atoms with Gasteiger partial charge in [-0.1, -0.05) is 47.2 Å². The molecule has 2 amide bonds. The second-order valence-electron chi connectivity index (χ2n) is 7.80. The van der Waals surface area contributed by atoms with E-state index in [-0.39, 0.29) is 23.6 Å². The van der Waals surface area contributed by atoms with E-state index in [0.717, 1.165) is 22.4 Å². The zero-order chi connectivity index (χ0) is 23.3. The molecule has 1 heterocycles.